The van der Waals surface area contributed by atoms with Crippen LogP contribution in [0, 0.1) is 5.92 Å². The van der Waals surface area contributed by atoms with Crippen LogP contribution >= 0.6 is 0 Å². The summed E-state index contributed by atoms with van der Waals surface area (Å²) in [5.41, 5.74) is 1.11. The van der Waals surface area contributed by atoms with E-state index in [9.17, 15) is 0 Å². The summed E-state index contributed by atoms with van der Waals surface area (Å²) in [6, 6.07) is 0.222. The first-order chi connectivity index (χ1) is 8.72. The molecule has 3 atom stereocenters. The van der Waals surface area contributed by atoms with Crippen LogP contribution in [0.5, 0.6) is 5.75 Å². The van der Waals surface area contributed by atoms with Crippen molar-refractivity contribution in [1.29, 1.82) is 0 Å². The second-order valence-corrected chi connectivity index (χ2v) is 4.76. The van der Waals surface area contributed by atoms with E-state index in [1.807, 2.05) is 18.8 Å². The molecule has 5 heteroatoms. The van der Waals surface area contributed by atoms with Gasteiger partial charge in [-0.25, -0.2) is 0 Å². The summed E-state index contributed by atoms with van der Waals surface area (Å²) in [5.74, 6) is 1.32. The van der Waals surface area contributed by atoms with Crippen molar-refractivity contribution in [3.63, 3.8) is 0 Å². The van der Waals surface area contributed by atoms with Gasteiger partial charge in [0.25, 0.3) is 0 Å². The molecule has 0 spiro atoms. The summed E-state index contributed by atoms with van der Waals surface area (Å²) in [5, 5.41) is 7.69. The third-order valence-corrected chi connectivity index (χ3v) is 3.87. The first-order valence-electron chi connectivity index (χ1n) is 6.57. The summed E-state index contributed by atoms with van der Waals surface area (Å²) in [6.45, 7) is 3.03. The van der Waals surface area contributed by atoms with Crippen molar-refractivity contribution in [1.82, 2.24) is 15.1 Å². The van der Waals surface area contributed by atoms with Gasteiger partial charge in [-0.2, -0.15) is 5.10 Å². The Morgan fingerprint density at radius 1 is 1.67 bits per heavy atom. The largest absolute Gasteiger partial charge is 0.493 e. The number of nitrogens with one attached hydrogen (secondary N) is 1. The fraction of sp³-hybridized carbons (Fsp3) is 0.769. The third-order valence-electron chi connectivity index (χ3n) is 3.87. The smallest absolute Gasteiger partial charge is 0.161 e. The average molecular weight is 253 g/mol. The lowest BCUT2D eigenvalue weighted by molar-refractivity contribution is 0.0771. The molecular formula is C13H23N3O2. The van der Waals surface area contributed by atoms with E-state index in [-0.39, 0.29) is 6.04 Å². The predicted octanol–water partition coefficient (Wildman–Crippen LogP) is 1.50. The first-order valence-corrected chi connectivity index (χ1v) is 6.57. The molecule has 2 rings (SSSR count). The van der Waals surface area contributed by atoms with Crippen LogP contribution in [0.2, 0.25) is 0 Å². The number of nitrogens with zero attached hydrogens (tertiary/aromatic N) is 2. The number of hydrogen-bond donors (Lipinski definition) is 1. The highest BCUT2D eigenvalue weighted by molar-refractivity contribution is 5.29. The molecular weight excluding hydrogens is 230 g/mol. The van der Waals surface area contributed by atoms with Crippen LogP contribution in [0.15, 0.2) is 6.20 Å². The van der Waals surface area contributed by atoms with Gasteiger partial charge >= 0.3 is 0 Å². The summed E-state index contributed by atoms with van der Waals surface area (Å²) in [6.07, 6.45) is 4.22. The van der Waals surface area contributed by atoms with Gasteiger partial charge < -0.3 is 14.8 Å². The minimum Gasteiger partial charge on any atom is -0.493 e. The van der Waals surface area contributed by atoms with Gasteiger partial charge in [0.15, 0.2) is 5.75 Å². The van der Waals surface area contributed by atoms with Crippen LogP contribution in [0.4, 0.5) is 0 Å². The van der Waals surface area contributed by atoms with Gasteiger partial charge in [-0.15, -0.1) is 0 Å². The molecule has 0 radical (unpaired) electrons. The summed E-state index contributed by atoms with van der Waals surface area (Å²) >= 11 is 0. The molecule has 102 valence electrons. The van der Waals surface area contributed by atoms with Gasteiger partial charge in [-0.3, -0.25) is 4.68 Å². The van der Waals surface area contributed by atoms with Gasteiger partial charge in [0.1, 0.15) is 0 Å². The lowest BCUT2D eigenvalue weighted by Crippen LogP contribution is -2.32. The second kappa shape index (κ2) is 5.71. The topological polar surface area (TPSA) is 48.3 Å². The Morgan fingerprint density at radius 2 is 2.44 bits per heavy atom. The Balaban J connectivity index is 2.29. The van der Waals surface area contributed by atoms with Crippen molar-refractivity contribution in [2.45, 2.75) is 31.9 Å². The van der Waals surface area contributed by atoms with E-state index in [4.69, 9.17) is 9.47 Å². The fourth-order valence-corrected chi connectivity index (χ4v) is 2.96. The molecule has 0 saturated carbocycles. The molecule has 1 aromatic heterocycles. The van der Waals surface area contributed by atoms with Crippen molar-refractivity contribution in [3.05, 3.63) is 11.9 Å². The normalized spacial score (nSPS) is 25.3. The summed E-state index contributed by atoms with van der Waals surface area (Å²) < 4.78 is 13.1. The van der Waals surface area contributed by atoms with E-state index < -0.39 is 0 Å². The molecule has 1 aromatic rings. The van der Waals surface area contributed by atoms with E-state index in [0.717, 1.165) is 30.9 Å². The lowest BCUT2D eigenvalue weighted by atomic mass is 9.89. The molecule has 18 heavy (non-hydrogen) atoms. The molecule has 0 bridgehead atoms. The lowest BCUT2D eigenvalue weighted by Gasteiger charge is -2.27. The Morgan fingerprint density at radius 3 is 3.06 bits per heavy atom. The van der Waals surface area contributed by atoms with Gasteiger partial charge in [0.2, 0.25) is 0 Å². The number of aryl methyl sites for hydroxylation is 1. The number of methoxy groups -OCH3 is 1. The molecule has 0 amide bonds. The highest BCUT2D eigenvalue weighted by Crippen LogP contribution is 2.37. The fourth-order valence-electron chi connectivity index (χ4n) is 2.96. The van der Waals surface area contributed by atoms with Gasteiger partial charge in [0, 0.05) is 19.6 Å². The van der Waals surface area contributed by atoms with Gasteiger partial charge in [0.05, 0.1) is 31.1 Å². The SMILES string of the molecule is CCC1OCCC1C(NC)c1c(OC)cnn1C. The Kier molecular flexibility index (Phi) is 4.24. The molecule has 2 heterocycles. The molecule has 1 aliphatic rings. The van der Waals surface area contributed by atoms with E-state index in [1.165, 1.54) is 0 Å². The number of hydrogen-bond acceptors (Lipinski definition) is 4. The van der Waals surface area contributed by atoms with Crippen molar-refractivity contribution in [2.24, 2.45) is 13.0 Å². The monoisotopic (exact) mass is 253 g/mol. The molecule has 1 aliphatic heterocycles. The predicted molar refractivity (Wildman–Crippen MR) is 69.7 cm³/mol. The zero-order valence-corrected chi connectivity index (χ0v) is 11.6. The first kappa shape index (κ1) is 13.4. The minimum atomic E-state index is 0.222. The average Bonchev–Trinajstić information content (AvgIpc) is 2.98. The maximum absolute atomic E-state index is 5.80. The van der Waals surface area contributed by atoms with Gasteiger partial charge in [-0.1, -0.05) is 6.92 Å². The summed E-state index contributed by atoms with van der Waals surface area (Å²) in [4.78, 5) is 0. The van der Waals surface area contributed by atoms with E-state index in [1.54, 1.807) is 13.3 Å². The Hall–Kier alpha value is -1.07. The number of ether oxygens (including phenoxy) is 2. The highest BCUT2D eigenvalue weighted by atomic mass is 16.5. The van der Waals surface area contributed by atoms with E-state index in [2.05, 4.69) is 17.3 Å². The van der Waals surface area contributed by atoms with Crippen LogP contribution in [0.1, 0.15) is 31.5 Å². The molecule has 1 fully saturated rings. The molecule has 3 unspecified atom stereocenters. The molecule has 1 N–H and O–H groups in total. The maximum Gasteiger partial charge on any atom is 0.161 e. The van der Waals surface area contributed by atoms with Crippen LogP contribution in [-0.4, -0.2) is 36.6 Å². The molecule has 0 aromatic carbocycles. The maximum atomic E-state index is 5.80. The van der Waals surface area contributed by atoms with Crippen molar-refractivity contribution in [2.75, 3.05) is 20.8 Å². The number of rotatable bonds is 5. The quantitative estimate of drug-likeness (QED) is 0.864. The standard InChI is InChI=1S/C13H23N3O2/c1-5-10-9(6-7-18-10)12(14-2)13-11(17-4)8-15-16(13)3/h8-10,12,14H,5-7H2,1-4H3. The molecule has 5 nitrogen and oxygen atoms in total. The zero-order chi connectivity index (χ0) is 13.1. The van der Waals surface area contributed by atoms with Crippen molar-refractivity contribution in [3.8, 4) is 5.75 Å². The summed E-state index contributed by atoms with van der Waals surface area (Å²) in [7, 11) is 5.64. The van der Waals surface area contributed by atoms with Crippen molar-refractivity contribution >= 4 is 0 Å². The van der Waals surface area contributed by atoms with E-state index in [0.29, 0.717) is 12.0 Å². The number of aromatic nitrogens is 2. The van der Waals surface area contributed by atoms with Crippen molar-refractivity contribution < 1.29 is 9.47 Å². The van der Waals surface area contributed by atoms with Crippen LogP contribution in [0.25, 0.3) is 0 Å². The minimum absolute atomic E-state index is 0.222. The van der Waals surface area contributed by atoms with Crippen LogP contribution in [0.3, 0.4) is 0 Å². The van der Waals surface area contributed by atoms with Crippen LogP contribution in [-0.2, 0) is 11.8 Å². The van der Waals surface area contributed by atoms with Gasteiger partial charge in [-0.05, 0) is 19.9 Å². The van der Waals surface area contributed by atoms with Crippen LogP contribution < -0.4 is 10.1 Å². The Labute approximate surface area is 108 Å². The second-order valence-electron chi connectivity index (χ2n) is 4.76. The Bertz CT molecular complexity index is 392. The zero-order valence-electron chi connectivity index (χ0n) is 11.6. The van der Waals surface area contributed by atoms with E-state index >= 15 is 0 Å². The highest BCUT2D eigenvalue weighted by Gasteiger charge is 2.36. The molecule has 1 saturated heterocycles. The third kappa shape index (κ3) is 2.24. The molecule has 0 aliphatic carbocycles.